The molecule has 0 aliphatic carbocycles. The zero-order chi connectivity index (χ0) is 13.8. The van der Waals surface area contributed by atoms with E-state index in [4.69, 9.17) is 15.2 Å². The van der Waals surface area contributed by atoms with E-state index in [1.54, 1.807) is 14.2 Å². The predicted octanol–water partition coefficient (Wildman–Crippen LogP) is 1.95. The van der Waals surface area contributed by atoms with E-state index in [-0.39, 0.29) is 18.2 Å². The van der Waals surface area contributed by atoms with E-state index in [1.165, 1.54) is 11.3 Å². The molecule has 0 saturated carbocycles. The highest BCUT2D eigenvalue weighted by atomic mass is 16.5. The average molecular weight is 264 g/mol. The van der Waals surface area contributed by atoms with Crippen LogP contribution in [0.5, 0.6) is 0 Å². The summed E-state index contributed by atoms with van der Waals surface area (Å²) in [5.74, 6) is 0. The Morgan fingerprint density at radius 3 is 2.11 bits per heavy atom. The molecule has 4 heteroatoms. The van der Waals surface area contributed by atoms with Gasteiger partial charge in [-0.2, -0.15) is 0 Å². The van der Waals surface area contributed by atoms with Crippen LogP contribution in [0.2, 0.25) is 0 Å². The van der Waals surface area contributed by atoms with Crippen molar-refractivity contribution in [2.24, 2.45) is 5.73 Å². The first-order valence-electron chi connectivity index (χ1n) is 6.85. The lowest BCUT2D eigenvalue weighted by molar-refractivity contribution is -0.00461. The summed E-state index contributed by atoms with van der Waals surface area (Å²) in [5, 5.41) is 0. The van der Waals surface area contributed by atoms with Gasteiger partial charge in [0.15, 0.2) is 0 Å². The second-order valence-corrected chi connectivity index (χ2v) is 5.06. The Labute approximate surface area is 115 Å². The van der Waals surface area contributed by atoms with Crippen LogP contribution in [-0.2, 0) is 9.47 Å². The van der Waals surface area contributed by atoms with Gasteiger partial charge in [-0.1, -0.05) is 19.1 Å². The van der Waals surface area contributed by atoms with Crippen molar-refractivity contribution in [3.8, 4) is 0 Å². The summed E-state index contributed by atoms with van der Waals surface area (Å²) in [6.45, 7) is 3.84. The topological polar surface area (TPSA) is 47.7 Å². The van der Waals surface area contributed by atoms with Gasteiger partial charge < -0.3 is 20.1 Å². The summed E-state index contributed by atoms with van der Waals surface area (Å²) in [6, 6.07) is 8.63. The van der Waals surface area contributed by atoms with Gasteiger partial charge in [-0.05, 0) is 24.1 Å². The molecule has 2 unspecified atom stereocenters. The lowest BCUT2D eigenvalue weighted by Gasteiger charge is -2.19. The first kappa shape index (κ1) is 14.3. The Bertz CT molecular complexity index is 382. The molecule has 1 aromatic carbocycles. The van der Waals surface area contributed by atoms with Gasteiger partial charge in [0.05, 0.1) is 0 Å². The SMILES string of the molecule is CC[C@@H](N)c1ccc(N2CC(OC)C(OC)C2)cc1. The number of rotatable bonds is 5. The summed E-state index contributed by atoms with van der Waals surface area (Å²) in [4.78, 5) is 2.30. The molecule has 0 spiro atoms. The monoisotopic (exact) mass is 264 g/mol. The van der Waals surface area contributed by atoms with E-state index in [9.17, 15) is 0 Å². The molecule has 1 aliphatic heterocycles. The lowest BCUT2D eigenvalue weighted by atomic mass is 10.1. The van der Waals surface area contributed by atoms with Crippen molar-refractivity contribution in [3.63, 3.8) is 0 Å². The number of hydrogen-bond acceptors (Lipinski definition) is 4. The Morgan fingerprint density at radius 1 is 1.16 bits per heavy atom. The fourth-order valence-corrected chi connectivity index (χ4v) is 2.58. The molecule has 0 amide bonds. The standard InChI is InChI=1S/C15H24N2O2/c1-4-13(16)11-5-7-12(8-6-11)17-9-14(18-2)15(10-17)19-3/h5-8,13-15H,4,9-10,16H2,1-3H3/t13-,14?,15?/m1/s1. The molecule has 19 heavy (non-hydrogen) atoms. The minimum absolute atomic E-state index is 0.131. The third-order valence-corrected chi connectivity index (χ3v) is 3.95. The van der Waals surface area contributed by atoms with Crippen molar-refractivity contribution in [1.82, 2.24) is 0 Å². The van der Waals surface area contributed by atoms with Crippen molar-refractivity contribution in [1.29, 1.82) is 0 Å². The minimum atomic E-state index is 0.131. The number of ether oxygens (including phenoxy) is 2. The third-order valence-electron chi connectivity index (χ3n) is 3.95. The summed E-state index contributed by atoms with van der Waals surface area (Å²) in [6.07, 6.45) is 1.24. The first-order valence-corrected chi connectivity index (χ1v) is 6.85. The molecule has 1 saturated heterocycles. The maximum atomic E-state index is 6.03. The Hall–Kier alpha value is -1.10. The molecule has 1 heterocycles. The number of benzene rings is 1. The molecule has 2 N–H and O–H groups in total. The van der Waals surface area contributed by atoms with E-state index >= 15 is 0 Å². The van der Waals surface area contributed by atoms with E-state index in [1.807, 2.05) is 0 Å². The van der Waals surface area contributed by atoms with Gasteiger partial charge >= 0.3 is 0 Å². The van der Waals surface area contributed by atoms with Crippen molar-refractivity contribution in [2.75, 3.05) is 32.2 Å². The van der Waals surface area contributed by atoms with Crippen LogP contribution in [0.4, 0.5) is 5.69 Å². The second-order valence-electron chi connectivity index (χ2n) is 5.06. The Morgan fingerprint density at radius 2 is 1.68 bits per heavy atom. The molecule has 106 valence electrons. The smallest absolute Gasteiger partial charge is 0.102 e. The molecule has 0 bridgehead atoms. The fourth-order valence-electron chi connectivity index (χ4n) is 2.58. The fraction of sp³-hybridized carbons (Fsp3) is 0.600. The number of anilines is 1. The van der Waals surface area contributed by atoms with Crippen LogP contribution in [0, 0.1) is 0 Å². The Balaban J connectivity index is 2.07. The van der Waals surface area contributed by atoms with Crippen LogP contribution in [0.1, 0.15) is 24.9 Å². The summed E-state index contributed by atoms with van der Waals surface area (Å²) in [5.41, 5.74) is 8.43. The van der Waals surface area contributed by atoms with Crippen LogP contribution in [0.25, 0.3) is 0 Å². The van der Waals surface area contributed by atoms with Crippen molar-refractivity contribution < 1.29 is 9.47 Å². The molecule has 4 nitrogen and oxygen atoms in total. The highest BCUT2D eigenvalue weighted by Crippen LogP contribution is 2.25. The summed E-state index contributed by atoms with van der Waals surface area (Å²) < 4.78 is 10.9. The van der Waals surface area contributed by atoms with E-state index in [0.717, 1.165) is 19.5 Å². The molecule has 1 aliphatic rings. The van der Waals surface area contributed by atoms with E-state index in [2.05, 4.69) is 36.1 Å². The first-order chi connectivity index (χ1) is 9.19. The van der Waals surface area contributed by atoms with Crippen LogP contribution < -0.4 is 10.6 Å². The predicted molar refractivity (Wildman–Crippen MR) is 77.5 cm³/mol. The van der Waals surface area contributed by atoms with Gasteiger partial charge in [0.1, 0.15) is 12.2 Å². The molecule has 1 fully saturated rings. The van der Waals surface area contributed by atoms with Gasteiger partial charge in [0.2, 0.25) is 0 Å². The van der Waals surface area contributed by atoms with E-state index in [0.29, 0.717) is 0 Å². The van der Waals surface area contributed by atoms with Crippen LogP contribution in [0.15, 0.2) is 24.3 Å². The second kappa shape index (κ2) is 6.37. The van der Waals surface area contributed by atoms with E-state index < -0.39 is 0 Å². The molecular formula is C15H24N2O2. The summed E-state index contributed by atoms with van der Waals surface area (Å²) in [7, 11) is 3.48. The van der Waals surface area contributed by atoms with Gasteiger partial charge in [0.25, 0.3) is 0 Å². The normalized spacial score (nSPS) is 24.7. The quantitative estimate of drug-likeness (QED) is 0.883. The highest BCUT2D eigenvalue weighted by molar-refractivity contribution is 5.49. The number of hydrogen-bond donors (Lipinski definition) is 1. The molecule has 3 atom stereocenters. The average Bonchev–Trinajstić information content (AvgIpc) is 2.89. The summed E-state index contributed by atoms with van der Waals surface area (Å²) >= 11 is 0. The zero-order valence-electron chi connectivity index (χ0n) is 12.0. The lowest BCUT2D eigenvalue weighted by Crippen LogP contribution is -2.27. The zero-order valence-corrected chi connectivity index (χ0v) is 12.0. The molecule has 1 aromatic rings. The maximum absolute atomic E-state index is 6.03. The number of nitrogens with zero attached hydrogens (tertiary/aromatic N) is 1. The minimum Gasteiger partial charge on any atom is -0.377 e. The maximum Gasteiger partial charge on any atom is 0.102 e. The molecule has 0 aromatic heterocycles. The Kier molecular flexibility index (Phi) is 4.80. The van der Waals surface area contributed by atoms with Crippen molar-refractivity contribution in [3.05, 3.63) is 29.8 Å². The molecule has 0 radical (unpaired) electrons. The molecule has 2 rings (SSSR count). The largest absolute Gasteiger partial charge is 0.377 e. The number of methoxy groups -OCH3 is 2. The van der Waals surface area contributed by atoms with Gasteiger partial charge in [-0.25, -0.2) is 0 Å². The van der Waals surface area contributed by atoms with Crippen molar-refractivity contribution >= 4 is 5.69 Å². The highest BCUT2D eigenvalue weighted by Gasteiger charge is 2.32. The van der Waals surface area contributed by atoms with Crippen LogP contribution in [0.3, 0.4) is 0 Å². The van der Waals surface area contributed by atoms with Gasteiger partial charge in [-0.15, -0.1) is 0 Å². The number of nitrogens with two attached hydrogens (primary N) is 1. The van der Waals surface area contributed by atoms with Crippen LogP contribution >= 0.6 is 0 Å². The van der Waals surface area contributed by atoms with Gasteiger partial charge in [0, 0.05) is 39.0 Å². The van der Waals surface area contributed by atoms with Gasteiger partial charge in [-0.3, -0.25) is 0 Å². The van der Waals surface area contributed by atoms with Crippen LogP contribution in [-0.4, -0.2) is 39.5 Å². The molecular weight excluding hydrogens is 240 g/mol. The van der Waals surface area contributed by atoms with Crippen molar-refractivity contribution in [2.45, 2.75) is 31.6 Å². The third kappa shape index (κ3) is 3.08.